The van der Waals surface area contributed by atoms with Crippen LogP contribution in [-0.4, -0.2) is 11.7 Å². The Morgan fingerprint density at radius 2 is 1.83 bits per heavy atom. The van der Waals surface area contributed by atoms with Gasteiger partial charge in [-0.15, -0.1) is 0 Å². The summed E-state index contributed by atoms with van der Waals surface area (Å²) in [6.07, 6.45) is 6.66. The summed E-state index contributed by atoms with van der Waals surface area (Å²) in [5.74, 6) is 2.12. The predicted octanol–water partition coefficient (Wildman–Crippen LogP) is 2.83. The van der Waals surface area contributed by atoms with Crippen molar-refractivity contribution >= 4 is 0 Å². The second kappa shape index (κ2) is 4.86. The molecule has 0 aromatic carbocycles. The van der Waals surface area contributed by atoms with E-state index in [2.05, 4.69) is 13.8 Å². The zero-order valence-electron chi connectivity index (χ0n) is 8.42. The molecular formula is C11H22O. The highest BCUT2D eigenvalue weighted by atomic mass is 16.3. The summed E-state index contributed by atoms with van der Waals surface area (Å²) in [6, 6.07) is 0. The van der Waals surface area contributed by atoms with E-state index in [-0.39, 0.29) is 0 Å². The molecule has 0 radical (unpaired) electrons. The Kier molecular flexibility index (Phi) is 4.07. The standard InChI is InChI=1S/C11H22O/c1-9(2)11-7-5-3-4-6-10(11)8-12/h9-12H,3-8H2,1-2H3. The summed E-state index contributed by atoms with van der Waals surface area (Å²) in [5, 5.41) is 9.24. The van der Waals surface area contributed by atoms with E-state index in [1.807, 2.05) is 0 Å². The summed E-state index contributed by atoms with van der Waals surface area (Å²) >= 11 is 0. The summed E-state index contributed by atoms with van der Waals surface area (Å²) in [6.45, 7) is 4.99. The zero-order valence-corrected chi connectivity index (χ0v) is 8.42. The fourth-order valence-electron chi connectivity index (χ4n) is 2.52. The van der Waals surface area contributed by atoms with Crippen LogP contribution in [0.15, 0.2) is 0 Å². The molecule has 0 saturated heterocycles. The van der Waals surface area contributed by atoms with Crippen LogP contribution in [0.3, 0.4) is 0 Å². The fourth-order valence-corrected chi connectivity index (χ4v) is 2.52. The maximum absolute atomic E-state index is 9.24. The van der Waals surface area contributed by atoms with Gasteiger partial charge in [-0.2, -0.15) is 0 Å². The van der Waals surface area contributed by atoms with E-state index >= 15 is 0 Å². The average Bonchev–Trinajstić information content (AvgIpc) is 2.27. The summed E-state index contributed by atoms with van der Waals surface area (Å²) < 4.78 is 0. The minimum atomic E-state index is 0.406. The lowest BCUT2D eigenvalue weighted by molar-refractivity contribution is 0.139. The highest BCUT2D eigenvalue weighted by Crippen LogP contribution is 2.33. The van der Waals surface area contributed by atoms with E-state index in [4.69, 9.17) is 0 Å². The molecule has 12 heavy (non-hydrogen) atoms. The van der Waals surface area contributed by atoms with Crippen molar-refractivity contribution in [1.82, 2.24) is 0 Å². The Labute approximate surface area is 76.2 Å². The Morgan fingerprint density at radius 1 is 1.17 bits per heavy atom. The summed E-state index contributed by atoms with van der Waals surface area (Å²) in [5.41, 5.74) is 0. The van der Waals surface area contributed by atoms with Gasteiger partial charge in [0, 0.05) is 6.61 Å². The van der Waals surface area contributed by atoms with Crippen LogP contribution in [0.2, 0.25) is 0 Å². The van der Waals surface area contributed by atoms with E-state index < -0.39 is 0 Å². The lowest BCUT2D eigenvalue weighted by Crippen LogP contribution is -2.22. The van der Waals surface area contributed by atoms with Crippen LogP contribution in [0.1, 0.15) is 46.0 Å². The van der Waals surface area contributed by atoms with E-state index in [9.17, 15) is 5.11 Å². The lowest BCUT2D eigenvalue weighted by Gasteiger charge is -2.26. The minimum absolute atomic E-state index is 0.406. The molecule has 0 aromatic heterocycles. The van der Waals surface area contributed by atoms with Gasteiger partial charge in [0.1, 0.15) is 0 Å². The molecule has 72 valence electrons. The molecule has 1 rings (SSSR count). The Bertz CT molecular complexity index is 120. The molecule has 0 bridgehead atoms. The molecule has 0 aliphatic heterocycles. The van der Waals surface area contributed by atoms with E-state index in [0.29, 0.717) is 12.5 Å². The molecule has 1 N–H and O–H groups in total. The van der Waals surface area contributed by atoms with Crippen molar-refractivity contribution in [1.29, 1.82) is 0 Å². The molecule has 1 fully saturated rings. The second-order valence-corrected chi connectivity index (χ2v) is 4.49. The Morgan fingerprint density at radius 3 is 2.42 bits per heavy atom. The van der Waals surface area contributed by atoms with E-state index in [1.165, 1.54) is 32.1 Å². The summed E-state index contributed by atoms with van der Waals surface area (Å²) in [4.78, 5) is 0. The first-order valence-corrected chi connectivity index (χ1v) is 5.36. The summed E-state index contributed by atoms with van der Waals surface area (Å²) in [7, 11) is 0. The molecule has 0 heterocycles. The molecule has 1 nitrogen and oxygen atoms in total. The van der Waals surface area contributed by atoms with Gasteiger partial charge in [0.25, 0.3) is 0 Å². The van der Waals surface area contributed by atoms with Crippen LogP contribution < -0.4 is 0 Å². The monoisotopic (exact) mass is 170 g/mol. The first-order chi connectivity index (χ1) is 5.75. The highest BCUT2D eigenvalue weighted by Gasteiger charge is 2.25. The maximum Gasteiger partial charge on any atom is 0.0462 e. The van der Waals surface area contributed by atoms with Gasteiger partial charge in [-0.25, -0.2) is 0 Å². The van der Waals surface area contributed by atoms with Crippen LogP contribution in [0.5, 0.6) is 0 Å². The van der Waals surface area contributed by atoms with Crippen molar-refractivity contribution in [3.05, 3.63) is 0 Å². The Hall–Kier alpha value is -0.0400. The lowest BCUT2D eigenvalue weighted by atomic mass is 9.80. The first-order valence-electron chi connectivity index (χ1n) is 5.36. The van der Waals surface area contributed by atoms with Crippen molar-refractivity contribution in [2.75, 3.05) is 6.61 Å². The van der Waals surface area contributed by atoms with Gasteiger partial charge < -0.3 is 5.11 Å². The van der Waals surface area contributed by atoms with Gasteiger partial charge in [-0.3, -0.25) is 0 Å². The molecule has 1 saturated carbocycles. The number of aliphatic hydroxyl groups excluding tert-OH is 1. The van der Waals surface area contributed by atoms with Gasteiger partial charge in [0.05, 0.1) is 0 Å². The van der Waals surface area contributed by atoms with E-state index in [0.717, 1.165) is 11.8 Å². The molecule has 2 atom stereocenters. The third-order valence-electron chi connectivity index (χ3n) is 3.31. The SMILES string of the molecule is CC(C)C1CCCCCC1CO. The van der Waals surface area contributed by atoms with Gasteiger partial charge in [-0.1, -0.05) is 33.1 Å². The molecule has 1 heteroatoms. The normalized spacial score (nSPS) is 32.0. The molecule has 1 aliphatic carbocycles. The number of aliphatic hydroxyl groups is 1. The number of hydrogen-bond acceptors (Lipinski definition) is 1. The number of rotatable bonds is 2. The maximum atomic E-state index is 9.24. The molecule has 0 spiro atoms. The highest BCUT2D eigenvalue weighted by molar-refractivity contribution is 4.75. The van der Waals surface area contributed by atoms with Crippen molar-refractivity contribution in [3.8, 4) is 0 Å². The van der Waals surface area contributed by atoms with Crippen molar-refractivity contribution < 1.29 is 5.11 Å². The van der Waals surface area contributed by atoms with E-state index in [1.54, 1.807) is 0 Å². The smallest absolute Gasteiger partial charge is 0.0462 e. The van der Waals surface area contributed by atoms with Crippen LogP contribution in [0.4, 0.5) is 0 Å². The third kappa shape index (κ3) is 2.48. The van der Waals surface area contributed by atoms with Gasteiger partial charge in [0.15, 0.2) is 0 Å². The minimum Gasteiger partial charge on any atom is -0.396 e. The molecule has 2 unspecified atom stereocenters. The van der Waals surface area contributed by atoms with Crippen LogP contribution in [-0.2, 0) is 0 Å². The molecule has 1 aliphatic rings. The Balaban J connectivity index is 2.51. The van der Waals surface area contributed by atoms with Crippen LogP contribution in [0, 0.1) is 17.8 Å². The van der Waals surface area contributed by atoms with Gasteiger partial charge >= 0.3 is 0 Å². The largest absolute Gasteiger partial charge is 0.396 e. The quantitative estimate of drug-likeness (QED) is 0.632. The van der Waals surface area contributed by atoms with Crippen LogP contribution in [0.25, 0.3) is 0 Å². The molecule has 0 aromatic rings. The van der Waals surface area contributed by atoms with Crippen molar-refractivity contribution in [3.63, 3.8) is 0 Å². The van der Waals surface area contributed by atoms with Crippen molar-refractivity contribution in [2.24, 2.45) is 17.8 Å². The van der Waals surface area contributed by atoms with Gasteiger partial charge in [0.2, 0.25) is 0 Å². The first kappa shape index (κ1) is 10.0. The fraction of sp³-hybridized carbons (Fsp3) is 1.00. The van der Waals surface area contributed by atoms with Gasteiger partial charge in [-0.05, 0) is 30.6 Å². The number of hydrogen-bond donors (Lipinski definition) is 1. The molecule has 0 amide bonds. The predicted molar refractivity (Wildman–Crippen MR) is 52.0 cm³/mol. The third-order valence-corrected chi connectivity index (χ3v) is 3.31. The molecular weight excluding hydrogens is 148 g/mol. The van der Waals surface area contributed by atoms with Crippen LogP contribution >= 0.6 is 0 Å². The zero-order chi connectivity index (χ0) is 8.97. The average molecular weight is 170 g/mol. The van der Waals surface area contributed by atoms with Crippen molar-refractivity contribution in [2.45, 2.75) is 46.0 Å². The topological polar surface area (TPSA) is 20.2 Å². The second-order valence-electron chi connectivity index (χ2n) is 4.49.